The summed E-state index contributed by atoms with van der Waals surface area (Å²) >= 11 is 17.5. The number of hydrogen-bond acceptors (Lipinski definition) is 4. The van der Waals surface area contributed by atoms with E-state index in [9.17, 15) is 4.79 Å². The van der Waals surface area contributed by atoms with Crippen molar-refractivity contribution in [3.05, 3.63) is 68.0 Å². The van der Waals surface area contributed by atoms with Crippen molar-refractivity contribution < 1.29 is 4.42 Å². The molecule has 0 saturated heterocycles. The van der Waals surface area contributed by atoms with E-state index in [-0.39, 0.29) is 16.6 Å². The fraction of sp³-hybridized carbons (Fsp3) is 0.0714. The Morgan fingerprint density at radius 3 is 2.77 bits per heavy atom. The van der Waals surface area contributed by atoms with E-state index in [0.717, 1.165) is 10.2 Å². The van der Waals surface area contributed by atoms with Gasteiger partial charge in [-0.1, -0.05) is 46.9 Å². The van der Waals surface area contributed by atoms with Crippen molar-refractivity contribution in [2.75, 3.05) is 0 Å². The van der Waals surface area contributed by atoms with Gasteiger partial charge in [-0.05, 0) is 12.1 Å². The van der Waals surface area contributed by atoms with Gasteiger partial charge in [-0.15, -0.1) is 0 Å². The normalized spacial score (nSPS) is 10.9. The molecule has 112 valence electrons. The fourth-order valence-electron chi connectivity index (χ4n) is 1.84. The number of rotatable bonds is 3. The molecule has 0 N–H and O–H groups in total. The zero-order chi connectivity index (χ0) is 15.7. The lowest BCUT2D eigenvalue weighted by Crippen LogP contribution is -2.23. The van der Waals surface area contributed by atoms with Gasteiger partial charge in [0.1, 0.15) is 11.6 Å². The molecule has 1 aromatic carbocycles. The molecule has 0 amide bonds. The minimum atomic E-state index is -0.503. The first-order valence-corrected chi connectivity index (χ1v) is 7.30. The van der Waals surface area contributed by atoms with Gasteiger partial charge in [0, 0.05) is 10.6 Å². The van der Waals surface area contributed by atoms with Crippen LogP contribution < -0.4 is 5.56 Å². The van der Waals surface area contributed by atoms with E-state index in [4.69, 9.17) is 39.2 Å². The summed E-state index contributed by atoms with van der Waals surface area (Å²) in [4.78, 5) is 16.0. The minimum Gasteiger partial charge on any atom is -0.439 e. The molecule has 0 aliphatic carbocycles. The average Bonchev–Trinajstić information content (AvgIpc) is 2.97. The molecule has 2 heterocycles. The minimum absolute atomic E-state index is 0.0519. The van der Waals surface area contributed by atoms with E-state index >= 15 is 0 Å². The van der Waals surface area contributed by atoms with Crippen LogP contribution in [0.4, 0.5) is 0 Å². The largest absolute Gasteiger partial charge is 0.439 e. The highest BCUT2D eigenvalue weighted by atomic mass is 35.5. The maximum absolute atomic E-state index is 11.9. The molecule has 8 heteroatoms. The number of oxazole rings is 1. The molecule has 0 unspecified atom stereocenters. The topological polar surface area (TPSA) is 60.9 Å². The Hall–Kier alpha value is -1.82. The summed E-state index contributed by atoms with van der Waals surface area (Å²) in [5.41, 5.74) is 0.289. The van der Waals surface area contributed by atoms with Crippen LogP contribution in [-0.4, -0.2) is 14.8 Å². The summed E-state index contributed by atoms with van der Waals surface area (Å²) < 4.78 is 6.73. The van der Waals surface area contributed by atoms with E-state index in [1.165, 1.54) is 6.20 Å². The SMILES string of the molecule is O=c1c(Cl)c(Cl)cnn1Cc1ncc(-c2cccc(Cl)c2)o1. The van der Waals surface area contributed by atoms with Crippen molar-refractivity contribution in [2.45, 2.75) is 6.54 Å². The van der Waals surface area contributed by atoms with Gasteiger partial charge in [0.15, 0.2) is 5.76 Å². The molecule has 0 spiro atoms. The first-order valence-electron chi connectivity index (χ1n) is 6.16. The number of benzene rings is 1. The van der Waals surface area contributed by atoms with E-state index in [2.05, 4.69) is 10.1 Å². The predicted octanol–water partition coefficient (Wildman–Crippen LogP) is 3.91. The molecule has 0 bridgehead atoms. The van der Waals surface area contributed by atoms with Crippen LogP contribution >= 0.6 is 34.8 Å². The van der Waals surface area contributed by atoms with Crippen LogP contribution in [0.15, 0.2) is 45.9 Å². The molecule has 3 aromatic rings. The Morgan fingerprint density at radius 1 is 1.18 bits per heavy atom. The molecule has 22 heavy (non-hydrogen) atoms. The first kappa shape index (κ1) is 15.1. The van der Waals surface area contributed by atoms with Crippen molar-refractivity contribution in [2.24, 2.45) is 0 Å². The average molecular weight is 357 g/mol. The lowest BCUT2D eigenvalue weighted by Gasteiger charge is -2.02. The molecule has 0 aliphatic heterocycles. The van der Waals surface area contributed by atoms with E-state index < -0.39 is 5.56 Å². The lowest BCUT2D eigenvalue weighted by molar-refractivity contribution is 0.465. The van der Waals surface area contributed by atoms with Gasteiger partial charge in [0.05, 0.1) is 17.4 Å². The first-order chi connectivity index (χ1) is 10.5. The molecule has 0 aliphatic rings. The van der Waals surface area contributed by atoms with Crippen LogP contribution in [0.1, 0.15) is 5.89 Å². The quantitative estimate of drug-likeness (QED) is 0.714. The Kier molecular flexibility index (Phi) is 4.20. The van der Waals surface area contributed by atoms with E-state index in [1.54, 1.807) is 18.3 Å². The fourth-order valence-corrected chi connectivity index (χ4v) is 2.31. The van der Waals surface area contributed by atoms with Crippen molar-refractivity contribution >= 4 is 34.8 Å². The summed E-state index contributed by atoms with van der Waals surface area (Å²) in [6, 6.07) is 7.18. The second kappa shape index (κ2) is 6.12. The number of halogens is 3. The van der Waals surface area contributed by atoms with E-state index in [0.29, 0.717) is 16.7 Å². The summed E-state index contributed by atoms with van der Waals surface area (Å²) in [5.74, 6) is 0.869. The highest BCUT2D eigenvalue weighted by Gasteiger charge is 2.12. The van der Waals surface area contributed by atoms with Crippen LogP contribution in [0.3, 0.4) is 0 Å². The van der Waals surface area contributed by atoms with Crippen LogP contribution in [0.2, 0.25) is 15.1 Å². The smallest absolute Gasteiger partial charge is 0.287 e. The highest BCUT2D eigenvalue weighted by molar-refractivity contribution is 6.41. The highest BCUT2D eigenvalue weighted by Crippen LogP contribution is 2.23. The molecule has 0 atom stereocenters. The van der Waals surface area contributed by atoms with Gasteiger partial charge in [-0.3, -0.25) is 4.79 Å². The van der Waals surface area contributed by atoms with Gasteiger partial charge in [0.25, 0.3) is 5.56 Å². The van der Waals surface area contributed by atoms with Gasteiger partial charge in [0.2, 0.25) is 5.89 Å². The monoisotopic (exact) mass is 355 g/mol. The Bertz CT molecular complexity index is 889. The number of aromatic nitrogens is 3. The zero-order valence-corrected chi connectivity index (χ0v) is 13.2. The second-order valence-electron chi connectivity index (χ2n) is 4.40. The Morgan fingerprint density at radius 2 is 2.00 bits per heavy atom. The number of hydrogen-bond donors (Lipinski definition) is 0. The predicted molar refractivity (Wildman–Crippen MR) is 84.6 cm³/mol. The van der Waals surface area contributed by atoms with Crippen LogP contribution in [-0.2, 0) is 6.54 Å². The van der Waals surface area contributed by atoms with Gasteiger partial charge in [-0.25, -0.2) is 9.67 Å². The van der Waals surface area contributed by atoms with Crippen LogP contribution in [0.5, 0.6) is 0 Å². The molecule has 2 aromatic heterocycles. The van der Waals surface area contributed by atoms with Gasteiger partial charge < -0.3 is 4.42 Å². The lowest BCUT2D eigenvalue weighted by atomic mass is 10.2. The molecular weight excluding hydrogens is 349 g/mol. The van der Waals surface area contributed by atoms with Crippen molar-refractivity contribution in [1.29, 1.82) is 0 Å². The Labute approximate surface area is 140 Å². The summed E-state index contributed by atoms with van der Waals surface area (Å²) in [6.07, 6.45) is 2.86. The molecular formula is C14H8Cl3N3O2. The van der Waals surface area contributed by atoms with Crippen molar-refractivity contribution in [1.82, 2.24) is 14.8 Å². The van der Waals surface area contributed by atoms with Gasteiger partial charge >= 0.3 is 0 Å². The molecule has 3 rings (SSSR count). The van der Waals surface area contributed by atoms with Crippen LogP contribution in [0, 0.1) is 0 Å². The third-order valence-electron chi connectivity index (χ3n) is 2.89. The van der Waals surface area contributed by atoms with Crippen molar-refractivity contribution in [3.8, 4) is 11.3 Å². The molecule has 0 saturated carbocycles. The van der Waals surface area contributed by atoms with Crippen molar-refractivity contribution in [3.63, 3.8) is 0 Å². The zero-order valence-electron chi connectivity index (χ0n) is 11.0. The van der Waals surface area contributed by atoms with Gasteiger partial charge in [-0.2, -0.15) is 5.10 Å². The molecule has 0 radical (unpaired) electrons. The summed E-state index contributed by atoms with van der Waals surface area (Å²) in [6.45, 7) is 0.0519. The maximum Gasteiger partial charge on any atom is 0.287 e. The van der Waals surface area contributed by atoms with E-state index in [1.807, 2.05) is 12.1 Å². The molecule has 5 nitrogen and oxygen atoms in total. The third kappa shape index (κ3) is 3.02. The Balaban J connectivity index is 1.89. The second-order valence-corrected chi connectivity index (χ2v) is 5.62. The number of nitrogens with zero attached hydrogens (tertiary/aromatic N) is 3. The summed E-state index contributed by atoms with van der Waals surface area (Å²) in [5, 5.41) is 4.51. The molecule has 0 fully saturated rings. The van der Waals surface area contributed by atoms with Crippen LogP contribution in [0.25, 0.3) is 11.3 Å². The third-order valence-corrected chi connectivity index (χ3v) is 3.87. The standard InChI is InChI=1S/C14H8Cl3N3O2/c15-9-3-1-2-8(4-9)11-6-18-12(22-11)7-20-14(21)13(17)10(16)5-19-20/h1-6H,7H2. The summed E-state index contributed by atoms with van der Waals surface area (Å²) in [7, 11) is 0. The maximum atomic E-state index is 11.9.